The summed E-state index contributed by atoms with van der Waals surface area (Å²) in [6.45, 7) is 1.72. The Morgan fingerprint density at radius 1 is 1.69 bits per heavy atom. The summed E-state index contributed by atoms with van der Waals surface area (Å²) in [4.78, 5) is 11.4. The number of hydrogen-bond acceptors (Lipinski definition) is 4. The lowest BCUT2D eigenvalue weighted by molar-refractivity contribution is 0.0521. The quantitative estimate of drug-likeness (QED) is 0.385. The summed E-state index contributed by atoms with van der Waals surface area (Å²) < 4.78 is 18.4. The average molecular weight is 246 g/mol. The molecule has 1 rings (SSSR count). The van der Waals surface area contributed by atoms with Crippen molar-refractivity contribution in [3.8, 4) is 0 Å². The molecule has 0 atom stereocenters. The van der Waals surface area contributed by atoms with Gasteiger partial charge in [-0.25, -0.2) is 9.18 Å². The van der Waals surface area contributed by atoms with E-state index >= 15 is 0 Å². The highest BCUT2D eigenvalue weighted by Gasteiger charge is 2.19. The zero-order valence-electron chi connectivity index (χ0n) is 8.41. The van der Waals surface area contributed by atoms with Gasteiger partial charge in [-0.3, -0.25) is 0 Å². The van der Waals surface area contributed by atoms with Gasteiger partial charge in [0.15, 0.2) is 0 Å². The molecule has 1 aromatic rings. The lowest BCUT2D eigenvalue weighted by Gasteiger charge is -2.06. The summed E-state index contributed by atoms with van der Waals surface area (Å²) in [7, 11) is 0. The van der Waals surface area contributed by atoms with Gasteiger partial charge in [-0.05, 0) is 19.1 Å². The van der Waals surface area contributed by atoms with Crippen LogP contribution in [0.25, 0.3) is 0 Å². The van der Waals surface area contributed by atoms with Gasteiger partial charge in [0.05, 0.1) is 17.8 Å². The van der Waals surface area contributed by atoms with Crippen LogP contribution >= 0.6 is 11.6 Å². The Kier molecular flexibility index (Phi) is 4.25. The molecule has 0 amide bonds. The molecule has 1 N–H and O–H groups in total. The summed E-state index contributed by atoms with van der Waals surface area (Å²) in [5.41, 5.74) is -0.407. The van der Waals surface area contributed by atoms with Crippen LogP contribution < -0.4 is 0 Å². The number of ether oxygens (including phenoxy) is 1. The smallest absolute Gasteiger partial charge is 0.342 e. The molecule has 0 aliphatic rings. The molecule has 0 aliphatic heterocycles. The van der Waals surface area contributed by atoms with E-state index in [4.69, 9.17) is 16.8 Å². The number of halogens is 2. The van der Waals surface area contributed by atoms with Crippen molar-refractivity contribution < 1.29 is 19.1 Å². The number of esters is 1. The van der Waals surface area contributed by atoms with E-state index in [-0.39, 0.29) is 22.8 Å². The van der Waals surface area contributed by atoms with Crippen molar-refractivity contribution >= 4 is 23.8 Å². The van der Waals surface area contributed by atoms with E-state index < -0.39 is 11.8 Å². The molecule has 0 aromatic heterocycles. The maximum absolute atomic E-state index is 13.7. The Balaban J connectivity index is 3.25. The van der Waals surface area contributed by atoms with E-state index in [9.17, 15) is 9.18 Å². The second kappa shape index (κ2) is 5.46. The lowest BCUT2D eigenvalue weighted by Crippen LogP contribution is -2.09. The van der Waals surface area contributed by atoms with Crippen molar-refractivity contribution in [1.29, 1.82) is 0 Å². The maximum Gasteiger partial charge on any atom is 0.342 e. The van der Waals surface area contributed by atoms with Gasteiger partial charge in [-0.15, -0.1) is 0 Å². The van der Waals surface area contributed by atoms with E-state index in [0.717, 1.165) is 6.21 Å². The molecule has 6 heteroatoms. The molecule has 0 bridgehead atoms. The van der Waals surface area contributed by atoms with Gasteiger partial charge in [-0.1, -0.05) is 16.8 Å². The molecular formula is C10H9ClFNO3. The molecule has 4 nitrogen and oxygen atoms in total. The number of benzene rings is 1. The number of carbonyl (C=O) groups excluding carboxylic acids is 1. The highest BCUT2D eigenvalue weighted by Crippen LogP contribution is 2.22. The fraction of sp³-hybridized carbons (Fsp3) is 0.200. The lowest BCUT2D eigenvalue weighted by atomic mass is 10.1. The van der Waals surface area contributed by atoms with Gasteiger partial charge in [0.25, 0.3) is 0 Å². The SMILES string of the molecule is CCOC(=O)c1c(Cl)ccc(C=NO)c1F. The molecule has 0 saturated carbocycles. The first-order valence-corrected chi connectivity index (χ1v) is 4.82. The first kappa shape index (κ1) is 12.4. The number of carbonyl (C=O) groups is 1. The predicted molar refractivity (Wildman–Crippen MR) is 56.7 cm³/mol. The Morgan fingerprint density at radius 3 is 2.94 bits per heavy atom. The third-order valence-electron chi connectivity index (χ3n) is 1.80. The first-order valence-electron chi connectivity index (χ1n) is 4.44. The summed E-state index contributed by atoms with van der Waals surface area (Å²) in [6, 6.07) is 2.62. The standard InChI is InChI=1S/C10H9ClFNO3/c1-2-16-10(14)8-7(11)4-3-6(5-13-15)9(8)12/h3-5,15H,2H2,1H3. The van der Waals surface area contributed by atoms with Crippen LogP contribution in [0.5, 0.6) is 0 Å². The normalized spacial score (nSPS) is 10.7. The monoisotopic (exact) mass is 245 g/mol. The highest BCUT2D eigenvalue weighted by molar-refractivity contribution is 6.33. The van der Waals surface area contributed by atoms with Gasteiger partial charge in [0, 0.05) is 5.56 Å². The van der Waals surface area contributed by atoms with Crippen molar-refractivity contribution in [3.63, 3.8) is 0 Å². The van der Waals surface area contributed by atoms with Crippen LogP contribution in [0.4, 0.5) is 4.39 Å². The van der Waals surface area contributed by atoms with Gasteiger partial charge in [0.1, 0.15) is 11.4 Å². The molecule has 0 heterocycles. The Morgan fingerprint density at radius 2 is 2.38 bits per heavy atom. The van der Waals surface area contributed by atoms with E-state index in [1.54, 1.807) is 6.92 Å². The molecule has 0 radical (unpaired) electrons. The third kappa shape index (κ3) is 2.49. The van der Waals surface area contributed by atoms with Crippen LogP contribution in [-0.4, -0.2) is 24.0 Å². The van der Waals surface area contributed by atoms with Crippen LogP contribution in [0.15, 0.2) is 17.3 Å². The van der Waals surface area contributed by atoms with Gasteiger partial charge >= 0.3 is 5.97 Å². The van der Waals surface area contributed by atoms with Crippen LogP contribution in [0, 0.1) is 5.82 Å². The van der Waals surface area contributed by atoms with Crippen molar-refractivity contribution in [3.05, 3.63) is 34.1 Å². The van der Waals surface area contributed by atoms with Crippen molar-refractivity contribution in [2.24, 2.45) is 5.16 Å². The van der Waals surface area contributed by atoms with Gasteiger partial charge < -0.3 is 9.94 Å². The van der Waals surface area contributed by atoms with Crippen LogP contribution in [-0.2, 0) is 4.74 Å². The van der Waals surface area contributed by atoms with Crippen molar-refractivity contribution in [2.75, 3.05) is 6.61 Å². The number of hydrogen-bond donors (Lipinski definition) is 1. The van der Waals surface area contributed by atoms with Crippen LogP contribution in [0.2, 0.25) is 5.02 Å². The van der Waals surface area contributed by atoms with Gasteiger partial charge in [0.2, 0.25) is 0 Å². The zero-order valence-corrected chi connectivity index (χ0v) is 9.16. The number of rotatable bonds is 3. The molecule has 0 unspecified atom stereocenters. The Bertz CT molecular complexity index is 434. The second-order valence-corrected chi connectivity index (χ2v) is 3.20. The topological polar surface area (TPSA) is 58.9 Å². The zero-order chi connectivity index (χ0) is 12.1. The molecular weight excluding hydrogens is 237 g/mol. The minimum absolute atomic E-state index is 0.0463. The van der Waals surface area contributed by atoms with E-state index in [2.05, 4.69) is 9.89 Å². The predicted octanol–water partition coefficient (Wildman–Crippen LogP) is 2.46. The highest BCUT2D eigenvalue weighted by atomic mass is 35.5. The Labute approximate surface area is 96.3 Å². The van der Waals surface area contributed by atoms with Crippen molar-refractivity contribution in [2.45, 2.75) is 6.92 Å². The van der Waals surface area contributed by atoms with E-state index in [1.807, 2.05) is 0 Å². The van der Waals surface area contributed by atoms with E-state index in [0.29, 0.717) is 0 Å². The molecule has 0 fully saturated rings. The molecule has 0 saturated heterocycles. The minimum Gasteiger partial charge on any atom is -0.462 e. The first-order chi connectivity index (χ1) is 7.61. The summed E-state index contributed by atoms with van der Waals surface area (Å²) >= 11 is 5.68. The summed E-state index contributed by atoms with van der Waals surface area (Å²) in [5, 5.41) is 10.9. The largest absolute Gasteiger partial charge is 0.462 e. The fourth-order valence-electron chi connectivity index (χ4n) is 1.12. The molecule has 0 spiro atoms. The van der Waals surface area contributed by atoms with Crippen molar-refractivity contribution in [1.82, 2.24) is 0 Å². The van der Waals surface area contributed by atoms with E-state index in [1.165, 1.54) is 12.1 Å². The van der Waals surface area contributed by atoms with Gasteiger partial charge in [-0.2, -0.15) is 0 Å². The Hall–Kier alpha value is -1.62. The summed E-state index contributed by atoms with van der Waals surface area (Å²) in [6.07, 6.45) is 0.869. The minimum atomic E-state index is -0.872. The van der Waals surface area contributed by atoms with Crippen LogP contribution in [0.3, 0.4) is 0 Å². The summed E-state index contributed by atoms with van der Waals surface area (Å²) in [5.74, 6) is -1.72. The molecule has 16 heavy (non-hydrogen) atoms. The fourth-order valence-corrected chi connectivity index (χ4v) is 1.34. The number of oxime groups is 1. The van der Waals surface area contributed by atoms with Crippen LogP contribution in [0.1, 0.15) is 22.8 Å². The molecule has 1 aromatic carbocycles. The number of nitrogens with zero attached hydrogens (tertiary/aromatic N) is 1. The molecule has 86 valence electrons. The maximum atomic E-state index is 13.7. The average Bonchev–Trinajstić information content (AvgIpc) is 2.23. The second-order valence-electron chi connectivity index (χ2n) is 2.79. The molecule has 0 aliphatic carbocycles. The third-order valence-corrected chi connectivity index (χ3v) is 2.11.